The van der Waals surface area contributed by atoms with E-state index in [0.717, 1.165) is 16.3 Å². The van der Waals surface area contributed by atoms with Crippen molar-refractivity contribution in [2.24, 2.45) is 0 Å². The summed E-state index contributed by atoms with van der Waals surface area (Å²) >= 11 is 7.17. The van der Waals surface area contributed by atoms with E-state index in [1.165, 1.54) is 23.6 Å². The number of carbonyl (C=O) groups excluding carboxylic acids is 1. The van der Waals surface area contributed by atoms with Crippen LogP contribution in [0.2, 0.25) is 5.15 Å². The molecule has 0 aliphatic rings. The lowest BCUT2D eigenvalue weighted by molar-refractivity contribution is 0.102. The van der Waals surface area contributed by atoms with Crippen molar-refractivity contribution in [2.75, 3.05) is 5.32 Å². The summed E-state index contributed by atoms with van der Waals surface area (Å²) in [6, 6.07) is 8.79. The van der Waals surface area contributed by atoms with Gasteiger partial charge in [0.1, 0.15) is 5.15 Å². The Morgan fingerprint density at radius 2 is 2.09 bits per heavy atom. The number of carbonyl (C=O) groups is 1. The number of nitrogens with zero attached hydrogens (tertiary/aromatic N) is 3. The fourth-order valence-electron chi connectivity index (χ4n) is 1.90. The molecule has 0 bridgehead atoms. The van der Waals surface area contributed by atoms with E-state index in [4.69, 9.17) is 11.6 Å². The number of aromatic nitrogens is 3. The van der Waals surface area contributed by atoms with Crippen LogP contribution < -0.4 is 5.32 Å². The van der Waals surface area contributed by atoms with Crippen molar-refractivity contribution in [3.63, 3.8) is 0 Å². The predicted molar refractivity (Wildman–Crippen MR) is 87.3 cm³/mol. The molecule has 3 heterocycles. The third-order valence-electron chi connectivity index (χ3n) is 2.90. The van der Waals surface area contributed by atoms with E-state index in [1.807, 2.05) is 25.1 Å². The van der Waals surface area contributed by atoms with Gasteiger partial charge in [0.15, 0.2) is 5.13 Å². The Morgan fingerprint density at radius 3 is 2.82 bits per heavy atom. The van der Waals surface area contributed by atoms with Gasteiger partial charge in [-0.15, -0.1) is 0 Å². The molecule has 0 unspecified atom stereocenters. The molecule has 0 fully saturated rings. The van der Waals surface area contributed by atoms with E-state index in [2.05, 4.69) is 20.3 Å². The maximum Gasteiger partial charge on any atom is 0.257 e. The Labute approximate surface area is 136 Å². The van der Waals surface area contributed by atoms with Crippen LogP contribution in [-0.2, 0) is 0 Å². The Morgan fingerprint density at radius 1 is 1.23 bits per heavy atom. The van der Waals surface area contributed by atoms with Gasteiger partial charge in [0.05, 0.1) is 16.3 Å². The van der Waals surface area contributed by atoms with Crippen LogP contribution in [0.1, 0.15) is 16.1 Å². The molecule has 5 nitrogen and oxygen atoms in total. The van der Waals surface area contributed by atoms with Crippen molar-refractivity contribution in [2.45, 2.75) is 6.92 Å². The number of rotatable bonds is 3. The minimum absolute atomic E-state index is 0.273. The lowest BCUT2D eigenvalue weighted by atomic mass is 10.2. The molecule has 3 aromatic rings. The second-order valence-electron chi connectivity index (χ2n) is 4.47. The molecule has 0 aromatic carbocycles. The first-order chi connectivity index (χ1) is 10.6. The van der Waals surface area contributed by atoms with Crippen LogP contribution in [-0.4, -0.2) is 20.9 Å². The summed E-state index contributed by atoms with van der Waals surface area (Å²) in [6.07, 6.45) is 3.22. The smallest absolute Gasteiger partial charge is 0.257 e. The van der Waals surface area contributed by atoms with Crippen molar-refractivity contribution >= 4 is 34.0 Å². The van der Waals surface area contributed by atoms with Crippen LogP contribution in [0.25, 0.3) is 10.6 Å². The average Bonchev–Trinajstić information content (AvgIpc) is 2.88. The van der Waals surface area contributed by atoms with E-state index in [1.54, 1.807) is 12.3 Å². The normalized spacial score (nSPS) is 10.5. The molecule has 3 rings (SSSR count). The highest BCUT2D eigenvalue weighted by Crippen LogP contribution is 2.31. The molecule has 1 N–H and O–H groups in total. The van der Waals surface area contributed by atoms with Crippen LogP contribution >= 0.6 is 22.9 Å². The van der Waals surface area contributed by atoms with E-state index in [-0.39, 0.29) is 11.1 Å². The largest absolute Gasteiger partial charge is 0.298 e. The topological polar surface area (TPSA) is 67.8 Å². The molecule has 110 valence electrons. The maximum absolute atomic E-state index is 12.2. The van der Waals surface area contributed by atoms with Crippen LogP contribution in [0.15, 0.2) is 42.7 Å². The summed E-state index contributed by atoms with van der Waals surface area (Å²) in [5, 5.41) is 3.57. The van der Waals surface area contributed by atoms with Gasteiger partial charge in [-0.05, 0) is 31.2 Å². The molecular formula is C15H11ClN4OS. The number of nitrogens with one attached hydrogen (secondary N) is 1. The van der Waals surface area contributed by atoms with Gasteiger partial charge in [-0.2, -0.15) is 0 Å². The van der Waals surface area contributed by atoms with Crippen molar-refractivity contribution in [1.82, 2.24) is 15.0 Å². The number of hydrogen-bond acceptors (Lipinski definition) is 5. The minimum Gasteiger partial charge on any atom is -0.298 e. The van der Waals surface area contributed by atoms with Crippen molar-refractivity contribution in [3.05, 3.63) is 59.1 Å². The zero-order valence-corrected chi connectivity index (χ0v) is 13.1. The molecule has 1 amide bonds. The molecule has 3 aromatic heterocycles. The van der Waals surface area contributed by atoms with Gasteiger partial charge in [-0.3, -0.25) is 15.1 Å². The van der Waals surface area contributed by atoms with Crippen LogP contribution in [0.3, 0.4) is 0 Å². The summed E-state index contributed by atoms with van der Waals surface area (Å²) in [5.74, 6) is -0.273. The van der Waals surface area contributed by atoms with Crippen molar-refractivity contribution < 1.29 is 4.79 Å². The number of anilines is 1. The van der Waals surface area contributed by atoms with Gasteiger partial charge in [-0.1, -0.05) is 29.0 Å². The third-order valence-corrected chi connectivity index (χ3v) is 4.21. The van der Waals surface area contributed by atoms with Gasteiger partial charge in [0.2, 0.25) is 0 Å². The molecule has 0 radical (unpaired) electrons. The lowest BCUT2D eigenvalue weighted by Crippen LogP contribution is -2.11. The molecule has 0 aliphatic heterocycles. The van der Waals surface area contributed by atoms with Crippen molar-refractivity contribution in [1.29, 1.82) is 0 Å². The van der Waals surface area contributed by atoms with Crippen LogP contribution in [0.4, 0.5) is 5.13 Å². The molecule has 22 heavy (non-hydrogen) atoms. The summed E-state index contributed by atoms with van der Waals surface area (Å²) in [7, 11) is 0. The number of pyridine rings is 2. The average molecular weight is 331 g/mol. The summed E-state index contributed by atoms with van der Waals surface area (Å²) in [4.78, 5) is 25.6. The first kappa shape index (κ1) is 14.6. The van der Waals surface area contributed by atoms with Crippen LogP contribution in [0.5, 0.6) is 0 Å². The number of amides is 1. The van der Waals surface area contributed by atoms with E-state index in [0.29, 0.717) is 10.7 Å². The molecule has 7 heteroatoms. The van der Waals surface area contributed by atoms with Gasteiger partial charge in [-0.25, -0.2) is 9.97 Å². The zero-order valence-electron chi connectivity index (χ0n) is 11.6. The van der Waals surface area contributed by atoms with E-state index in [9.17, 15) is 4.79 Å². The first-order valence-corrected chi connectivity index (χ1v) is 7.64. The molecule has 0 saturated heterocycles. The minimum atomic E-state index is -0.273. The summed E-state index contributed by atoms with van der Waals surface area (Å²) in [6.45, 7) is 1.89. The summed E-state index contributed by atoms with van der Waals surface area (Å²) in [5.41, 5.74) is 2.10. The number of halogens is 1. The molecule has 0 aliphatic carbocycles. The SMILES string of the molecule is Cc1nc(NC(=O)c2ccnc(Cl)c2)sc1-c1ccccn1. The Kier molecular flexibility index (Phi) is 4.13. The second-order valence-corrected chi connectivity index (χ2v) is 5.86. The van der Waals surface area contributed by atoms with E-state index >= 15 is 0 Å². The lowest BCUT2D eigenvalue weighted by Gasteiger charge is -2.01. The molecular weight excluding hydrogens is 320 g/mol. The monoisotopic (exact) mass is 330 g/mol. The van der Waals surface area contributed by atoms with Gasteiger partial charge < -0.3 is 0 Å². The highest BCUT2D eigenvalue weighted by atomic mass is 35.5. The fraction of sp³-hybridized carbons (Fsp3) is 0.0667. The predicted octanol–water partition coefficient (Wildman–Crippen LogP) is 3.81. The molecule has 0 saturated carbocycles. The Hall–Kier alpha value is -2.31. The number of thiazole rings is 1. The molecule has 0 spiro atoms. The van der Waals surface area contributed by atoms with Gasteiger partial charge in [0, 0.05) is 18.0 Å². The number of hydrogen-bond donors (Lipinski definition) is 1. The van der Waals surface area contributed by atoms with Gasteiger partial charge in [0.25, 0.3) is 5.91 Å². The van der Waals surface area contributed by atoms with Crippen molar-refractivity contribution in [3.8, 4) is 10.6 Å². The number of aryl methyl sites for hydroxylation is 1. The highest BCUT2D eigenvalue weighted by Gasteiger charge is 2.14. The zero-order chi connectivity index (χ0) is 15.5. The quantitative estimate of drug-likeness (QED) is 0.741. The maximum atomic E-state index is 12.2. The third kappa shape index (κ3) is 3.13. The Bertz CT molecular complexity index is 819. The first-order valence-electron chi connectivity index (χ1n) is 6.45. The van der Waals surface area contributed by atoms with E-state index < -0.39 is 0 Å². The Balaban J connectivity index is 1.84. The standard InChI is InChI=1S/C15H11ClN4OS/c1-9-13(11-4-2-3-6-17-11)22-15(19-9)20-14(21)10-5-7-18-12(16)8-10/h2-8H,1H3,(H,19,20,21). The highest BCUT2D eigenvalue weighted by molar-refractivity contribution is 7.19. The van der Waals surface area contributed by atoms with Gasteiger partial charge >= 0.3 is 0 Å². The fourth-order valence-corrected chi connectivity index (χ4v) is 3.01. The van der Waals surface area contributed by atoms with Crippen LogP contribution in [0, 0.1) is 6.92 Å². The molecule has 0 atom stereocenters. The second kappa shape index (κ2) is 6.21. The summed E-state index contributed by atoms with van der Waals surface area (Å²) < 4.78 is 0.